The van der Waals surface area contributed by atoms with E-state index >= 15 is 0 Å². The van der Waals surface area contributed by atoms with Gasteiger partial charge in [0.05, 0.1) is 18.8 Å². The predicted octanol–water partition coefficient (Wildman–Crippen LogP) is 3.17. The number of fused-ring (bicyclic) bond motifs is 1. The Kier molecular flexibility index (Phi) is 5.43. The summed E-state index contributed by atoms with van der Waals surface area (Å²) in [6.07, 6.45) is 1.35. The Labute approximate surface area is 171 Å². The van der Waals surface area contributed by atoms with Gasteiger partial charge in [0, 0.05) is 37.8 Å². The second-order valence-corrected chi connectivity index (χ2v) is 7.63. The molecule has 152 valence electrons. The van der Waals surface area contributed by atoms with Crippen LogP contribution in [0.3, 0.4) is 0 Å². The number of para-hydroxylation sites is 2. The van der Waals surface area contributed by atoms with Gasteiger partial charge < -0.3 is 19.4 Å². The number of amides is 2. The van der Waals surface area contributed by atoms with Gasteiger partial charge in [0.15, 0.2) is 0 Å². The minimum absolute atomic E-state index is 0.0657. The molecule has 0 N–H and O–H groups in total. The van der Waals surface area contributed by atoms with Crippen LogP contribution >= 0.6 is 0 Å². The van der Waals surface area contributed by atoms with Crippen molar-refractivity contribution >= 4 is 23.2 Å². The van der Waals surface area contributed by atoms with Gasteiger partial charge in [0.1, 0.15) is 11.9 Å². The molecule has 1 saturated heterocycles. The number of ether oxygens (including phenoxy) is 1. The van der Waals surface area contributed by atoms with E-state index in [2.05, 4.69) is 17.9 Å². The first-order chi connectivity index (χ1) is 14.1. The van der Waals surface area contributed by atoms with Crippen LogP contribution < -0.4 is 14.5 Å². The van der Waals surface area contributed by atoms with Crippen molar-refractivity contribution in [1.82, 2.24) is 4.90 Å². The first-order valence-electron chi connectivity index (χ1n) is 10.2. The number of anilines is 2. The van der Waals surface area contributed by atoms with Crippen molar-refractivity contribution in [2.75, 3.05) is 43.0 Å². The van der Waals surface area contributed by atoms with Crippen LogP contribution in [-0.4, -0.2) is 56.0 Å². The summed E-state index contributed by atoms with van der Waals surface area (Å²) >= 11 is 0. The maximum absolute atomic E-state index is 13.0. The van der Waals surface area contributed by atoms with E-state index in [1.165, 1.54) is 0 Å². The van der Waals surface area contributed by atoms with Crippen LogP contribution in [0, 0.1) is 0 Å². The molecule has 2 amide bonds. The quantitative estimate of drug-likeness (QED) is 0.783. The highest BCUT2D eigenvalue weighted by Crippen LogP contribution is 2.33. The standard InChI is InChI=1S/C23H27N3O3/c1-3-25-16-19(29-21-11-5-4-10-20(21)25)15-24(2)23(28)17-8-6-9-18(14-17)26-13-7-12-22(26)27/h4-6,8-11,14,19H,3,7,12-13,15-16H2,1-2H3/t19-/m1/s1. The van der Waals surface area contributed by atoms with E-state index in [4.69, 9.17) is 4.74 Å². The van der Waals surface area contributed by atoms with Crippen molar-refractivity contribution in [2.45, 2.75) is 25.9 Å². The lowest BCUT2D eigenvalue weighted by Gasteiger charge is -2.37. The Morgan fingerprint density at radius 2 is 2.03 bits per heavy atom. The van der Waals surface area contributed by atoms with Crippen LogP contribution in [0.15, 0.2) is 48.5 Å². The molecule has 0 aliphatic carbocycles. The van der Waals surface area contributed by atoms with Crippen LogP contribution in [-0.2, 0) is 4.79 Å². The highest BCUT2D eigenvalue weighted by molar-refractivity contribution is 5.99. The van der Waals surface area contributed by atoms with Crippen molar-refractivity contribution in [3.05, 3.63) is 54.1 Å². The van der Waals surface area contributed by atoms with E-state index in [1.807, 2.05) is 36.4 Å². The Balaban J connectivity index is 1.46. The highest BCUT2D eigenvalue weighted by atomic mass is 16.5. The Morgan fingerprint density at radius 3 is 2.79 bits per heavy atom. The SMILES string of the molecule is CCN1C[C@@H](CN(C)C(=O)c2cccc(N3CCCC3=O)c2)Oc2ccccc21. The normalized spacial score (nSPS) is 18.4. The largest absolute Gasteiger partial charge is 0.485 e. The van der Waals surface area contributed by atoms with Crippen LogP contribution in [0.25, 0.3) is 0 Å². The number of likely N-dealkylation sites (N-methyl/N-ethyl adjacent to an activating group) is 2. The number of nitrogens with zero attached hydrogens (tertiary/aromatic N) is 3. The molecule has 6 nitrogen and oxygen atoms in total. The van der Waals surface area contributed by atoms with Crippen molar-refractivity contribution in [3.63, 3.8) is 0 Å². The molecule has 0 bridgehead atoms. The molecule has 0 aromatic heterocycles. The molecule has 4 rings (SSSR count). The molecule has 1 atom stereocenters. The Morgan fingerprint density at radius 1 is 1.21 bits per heavy atom. The van der Waals surface area contributed by atoms with E-state index in [0.717, 1.165) is 36.6 Å². The molecule has 2 aromatic rings. The molecule has 1 fully saturated rings. The molecule has 0 radical (unpaired) electrons. The lowest BCUT2D eigenvalue weighted by Crippen LogP contribution is -2.46. The van der Waals surface area contributed by atoms with Crippen molar-refractivity contribution in [1.29, 1.82) is 0 Å². The minimum Gasteiger partial charge on any atom is -0.485 e. The summed E-state index contributed by atoms with van der Waals surface area (Å²) in [7, 11) is 1.80. The molecular weight excluding hydrogens is 366 g/mol. The van der Waals surface area contributed by atoms with Gasteiger partial charge in [-0.3, -0.25) is 9.59 Å². The molecule has 2 aromatic carbocycles. The molecule has 2 heterocycles. The fourth-order valence-electron chi connectivity index (χ4n) is 4.11. The van der Waals surface area contributed by atoms with Gasteiger partial charge in [-0.1, -0.05) is 18.2 Å². The third kappa shape index (κ3) is 3.92. The van der Waals surface area contributed by atoms with E-state index in [1.54, 1.807) is 22.9 Å². The summed E-state index contributed by atoms with van der Waals surface area (Å²) in [6.45, 7) is 4.97. The van der Waals surface area contributed by atoms with Gasteiger partial charge in [-0.25, -0.2) is 0 Å². The average molecular weight is 393 g/mol. The maximum atomic E-state index is 13.0. The lowest BCUT2D eigenvalue weighted by atomic mass is 10.1. The third-order valence-corrected chi connectivity index (χ3v) is 5.61. The molecule has 6 heteroatoms. The van der Waals surface area contributed by atoms with E-state index in [9.17, 15) is 9.59 Å². The summed E-state index contributed by atoms with van der Waals surface area (Å²) < 4.78 is 6.15. The summed E-state index contributed by atoms with van der Waals surface area (Å²) in [4.78, 5) is 30.8. The van der Waals surface area contributed by atoms with Crippen LogP contribution in [0.4, 0.5) is 11.4 Å². The topological polar surface area (TPSA) is 53.1 Å². The summed E-state index contributed by atoms with van der Waals surface area (Å²) in [5.41, 5.74) is 2.49. The van der Waals surface area contributed by atoms with E-state index in [-0.39, 0.29) is 17.9 Å². The second kappa shape index (κ2) is 8.15. The summed E-state index contributed by atoms with van der Waals surface area (Å²) in [6, 6.07) is 15.4. The molecule has 0 saturated carbocycles. The van der Waals surface area contributed by atoms with Crippen LogP contribution in [0.1, 0.15) is 30.1 Å². The molecule has 0 spiro atoms. The van der Waals surface area contributed by atoms with Crippen molar-refractivity contribution < 1.29 is 14.3 Å². The number of hydrogen-bond donors (Lipinski definition) is 0. The van der Waals surface area contributed by atoms with Gasteiger partial charge >= 0.3 is 0 Å². The zero-order chi connectivity index (χ0) is 20.4. The van der Waals surface area contributed by atoms with Gasteiger partial charge in [-0.2, -0.15) is 0 Å². The zero-order valence-electron chi connectivity index (χ0n) is 17.0. The molecule has 2 aliphatic rings. The van der Waals surface area contributed by atoms with E-state index in [0.29, 0.717) is 25.1 Å². The highest BCUT2D eigenvalue weighted by Gasteiger charge is 2.27. The maximum Gasteiger partial charge on any atom is 0.253 e. The molecule has 2 aliphatic heterocycles. The van der Waals surface area contributed by atoms with Gasteiger partial charge in [-0.05, 0) is 43.7 Å². The number of hydrogen-bond acceptors (Lipinski definition) is 4. The fourth-order valence-corrected chi connectivity index (χ4v) is 4.11. The summed E-state index contributed by atoms with van der Waals surface area (Å²) in [5.74, 6) is 0.918. The van der Waals surface area contributed by atoms with Gasteiger partial charge in [0.25, 0.3) is 5.91 Å². The summed E-state index contributed by atoms with van der Waals surface area (Å²) in [5, 5.41) is 0. The van der Waals surface area contributed by atoms with Crippen LogP contribution in [0.2, 0.25) is 0 Å². The van der Waals surface area contributed by atoms with Crippen molar-refractivity contribution in [2.24, 2.45) is 0 Å². The number of carbonyl (C=O) groups is 2. The van der Waals surface area contributed by atoms with Gasteiger partial charge in [-0.15, -0.1) is 0 Å². The third-order valence-electron chi connectivity index (χ3n) is 5.61. The number of rotatable bonds is 5. The zero-order valence-corrected chi connectivity index (χ0v) is 17.0. The van der Waals surface area contributed by atoms with Crippen molar-refractivity contribution in [3.8, 4) is 5.75 Å². The number of carbonyl (C=O) groups excluding carboxylic acids is 2. The first-order valence-corrected chi connectivity index (χ1v) is 10.2. The Bertz CT molecular complexity index is 914. The smallest absolute Gasteiger partial charge is 0.253 e. The van der Waals surface area contributed by atoms with Crippen LogP contribution in [0.5, 0.6) is 5.75 Å². The monoisotopic (exact) mass is 393 g/mol. The predicted molar refractivity (Wildman–Crippen MR) is 114 cm³/mol. The van der Waals surface area contributed by atoms with E-state index < -0.39 is 0 Å². The molecule has 29 heavy (non-hydrogen) atoms. The second-order valence-electron chi connectivity index (χ2n) is 7.63. The lowest BCUT2D eigenvalue weighted by molar-refractivity contribution is -0.117. The number of benzene rings is 2. The van der Waals surface area contributed by atoms with Gasteiger partial charge in [0.2, 0.25) is 5.91 Å². The fraction of sp³-hybridized carbons (Fsp3) is 0.391. The minimum atomic E-state index is -0.0952. The average Bonchev–Trinajstić information content (AvgIpc) is 3.18. The molecular formula is C23H27N3O3. The first kappa shape index (κ1) is 19.3. The Hall–Kier alpha value is -3.02. The molecule has 0 unspecified atom stereocenters.